The summed E-state index contributed by atoms with van der Waals surface area (Å²) in [6, 6.07) is 7.06. The number of rotatable bonds is 8. The fourth-order valence-corrected chi connectivity index (χ4v) is 3.29. The van der Waals surface area contributed by atoms with Crippen molar-refractivity contribution >= 4 is 5.96 Å². The maximum Gasteiger partial charge on any atom is 0.191 e. The molecule has 0 aromatic heterocycles. The molecule has 2 N–H and O–H groups in total. The van der Waals surface area contributed by atoms with E-state index in [1.54, 1.807) is 13.1 Å². The third-order valence-electron chi connectivity index (χ3n) is 4.98. The van der Waals surface area contributed by atoms with Gasteiger partial charge in [0.05, 0.1) is 19.3 Å². The van der Waals surface area contributed by atoms with Gasteiger partial charge < -0.3 is 20.1 Å². The summed E-state index contributed by atoms with van der Waals surface area (Å²) in [4.78, 5) is 4.23. The Bertz CT molecular complexity index is 584. The van der Waals surface area contributed by atoms with Crippen LogP contribution in [0.4, 0.5) is 4.39 Å². The number of halogens is 1. The van der Waals surface area contributed by atoms with Crippen molar-refractivity contribution in [1.82, 2.24) is 10.6 Å². The predicted octanol–water partition coefficient (Wildman–Crippen LogP) is 2.22. The molecule has 138 valence electrons. The summed E-state index contributed by atoms with van der Waals surface area (Å²) in [5, 5.41) is 6.56. The predicted molar refractivity (Wildman–Crippen MR) is 96.5 cm³/mol. The summed E-state index contributed by atoms with van der Waals surface area (Å²) in [5.41, 5.74) is 0.706. The number of guanidine groups is 1. The molecule has 1 aliphatic carbocycles. The number of hydrogen-bond donors (Lipinski definition) is 2. The Labute approximate surface area is 149 Å². The van der Waals surface area contributed by atoms with E-state index < -0.39 is 0 Å². The Morgan fingerprint density at radius 3 is 2.88 bits per heavy atom. The second-order valence-corrected chi connectivity index (χ2v) is 6.82. The van der Waals surface area contributed by atoms with E-state index >= 15 is 0 Å². The minimum absolute atomic E-state index is 0.0979. The minimum Gasteiger partial charge on any atom is -0.377 e. The Hall–Kier alpha value is -1.66. The van der Waals surface area contributed by atoms with Crippen molar-refractivity contribution < 1.29 is 13.9 Å². The Morgan fingerprint density at radius 2 is 2.20 bits per heavy atom. The standard InChI is InChI=1S/C19H28FN3O2/c1-21-18(22-10-12-24-13-15-5-4-11-25-15)23-14-19(8-9-19)16-6-2-3-7-17(16)20/h2-3,6-7,15H,4-5,8-14H2,1H3,(H2,21,22,23). The molecule has 1 saturated heterocycles. The second-order valence-electron chi connectivity index (χ2n) is 6.82. The van der Waals surface area contributed by atoms with Crippen LogP contribution in [0.3, 0.4) is 0 Å². The lowest BCUT2D eigenvalue weighted by Crippen LogP contribution is -2.42. The summed E-state index contributed by atoms with van der Waals surface area (Å²) in [5.74, 6) is 0.607. The lowest BCUT2D eigenvalue weighted by Gasteiger charge is -2.19. The molecule has 1 aromatic carbocycles. The Morgan fingerprint density at radius 1 is 1.36 bits per heavy atom. The number of benzene rings is 1. The van der Waals surface area contributed by atoms with E-state index in [0.29, 0.717) is 26.3 Å². The van der Waals surface area contributed by atoms with Crippen LogP contribution < -0.4 is 10.6 Å². The van der Waals surface area contributed by atoms with Crippen molar-refractivity contribution in [3.8, 4) is 0 Å². The number of nitrogens with one attached hydrogen (secondary N) is 2. The molecule has 1 saturated carbocycles. The van der Waals surface area contributed by atoms with Gasteiger partial charge in [-0.25, -0.2) is 4.39 Å². The van der Waals surface area contributed by atoms with Gasteiger partial charge >= 0.3 is 0 Å². The van der Waals surface area contributed by atoms with E-state index in [1.807, 2.05) is 12.1 Å². The molecular formula is C19H28FN3O2. The Kier molecular flexibility index (Phi) is 6.26. The molecule has 2 fully saturated rings. The van der Waals surface area contributed by atoms with Gasteiger partial charge in [0.1, 0.15) is 5.82 Å². The quantitative estimate of drug-likeness (QED) is 0.429. The second kappa shape index (κ2) is 8.63. The highest BCUT2D eigenvalue weighted by atomic mass is 19.1. The molecule has 0 bridgehead atoms. The minimum atomic E-state index is -0.118. The summed E-state index contributed by atoms with van der Waals surface area (Å²) < 4.78 is 25.2. The summed E-state index contributed by atoms with van der Waals surface area (Å²) >= 11 is 0. The average Bonchev–Trinajstić information content (AvgIpc) is 3.23. The molecule has 3 rings (SSSR count). The largest absolute Gasteiger partial charge is 0.377 e. The van der Waals surface area contributed by atoms with E-state index in [-0.39, 0.29) is 17.3 Å². The lowest BCUT2D eigenvalue weighted by atomic mass is 9.95. The van der Waals surface area contributed by atoms with E-state index in [1.165, 1.54) is 6.07 Å². The molecule has 0 radical (unpaired) electrons. The van der Waals surface area contributed by atoms with Gasteiger partial charge in [-0.3, -0.25) is 4.99 Å². The molecular weight excluding hydrogens is 321 g/mol. The highest BCUT2D eigenvalue weighted by molar-refractivity contribution is 5.79. The third kappa shape index (κ3) is 4.92. The van der Waals surface area contributed by atoms with Gasteiger partial charge in [-0.2, -0.15) is 0 Å². The zero-order valence-electron chi connectivity index (χ0n) is 14.9. The molecule has 1 aromatic rings. The van der Waals surface area contributed by atoms with Gasteiger partial charge in [0.15, 0.2) is 5.96 Å². The number of ether oxygens (including phenoxy) is 2. The Balaban J connectivity index is 1.37. The van der Waals surface area contributed by atoms with Crippen LogP contribution in [0.15, 0.2) is 29.3 Å². The van der Waals surface area contributed by atoms with Crippen LogP contribution in [0.5, 0.6) is 0 Å². The third-order valence-corrected chi connectivity index (χ3v) is 4.98. The van der Waals surface area contributed by atoms with E-state index in [4.69, 9.17) is 9.47 Å². The molecule has 1 unspecified atom stereocenters. The highest BCUT2D eigenvalue weighted by Crippen LogP contribution is 2.48. The first-order valence-electron chi connectivity index (χ1n) is 9.12. The fourth-order valence-electron chi connectivity index (χ4n) is 3.29. The molecule has 1 aliphatic heterocycles. The van der Waals surface area contributed by atoms with Crippen molar-refractivity contribution in [2.24, 2.45) is 4.99 Å². The zero-order valence-corrected chi connectivity index (χ0v) is 14.9. The summed E-state index contributed by atoms with van der Waals surface area (Å²) in [6.07, 6.45) is 4.49. The maximum atomic E-state index is 14.0. The SMILES string of the molecule is CN=C(NCCOCC1CCCO1)NCC1(c2ccccc2F)CC1. The molecule has 5 nitrogen and oxygen atoms in total. The van der Waals surface area contributed by atoms with Crippen molar-refractivity contribution in [3.05, 3.63) is 35.6 Å². The molecule has 2 aliphatic rings. The van der Waals surface area contributed by atoms with Crippen LogP contribution in [0.1, 0.15) is 31.2 Å². The number of nitrogens with zero attached hydrogens (tertiary/aromatic N) is 1. The maximum absolute atomic E-state index is 14.0. The topological polar surface area (TPSA) is 54.9 Å². The van der Waals surface area contributed by atoms with Crippen LogP contribution in [0, 0.1) is 5.82 Å². The smallest absolute Gasteiger partial charge is 0.191 e. The normalized spacial score (nSPS) is 22.0. The van der Waals surface area contributed by atoms with Crippen LogP contribution in [0.2, 0.25) is 0 Å². The van der Waals surface area contributed by atoms with E-state index in [9.17, 15) is 4.39 Å². The molecule has 0 spiro atoms. The van der Waals surface area contributed by atoms with Gasteiger partial charge in [0.2, 0.25) is 0 Å². The van der Waals surface area contributed by atoms with Gasteiger partial charge in [-0.15, -0.1) is 0 Å². The molecule has 1 atom stereocenters. The monoisotopic (exact) mass is 349 g/mol. The van der Waals surface area contributed by atoms with Crippen LogP contribution in [-0.2, 0) is 14.9 Å². The summed E-state index contributed by atoms with van der Waals surface area (Å²) in [7, 11) is 1.74. The molecule has 1 heterocycles. The first-order valence-corrected chi connectivity index (χ1v) is 9.12. The van der Waals surface area contributed by atoms with Gasteiger partial charge in [0.25, 0.3) is 0 Å². The number of hydrogen-bond acceptors (Lipinski definition) is 3. The van der Waals surface area contributed by atoms with E-state index in [2.05, 4.69) is 15.6 Å². The van der Waals surface area contributed by atoms with Gasteiger partial charge in [-0.05, 0) is 37.3 Å². The molecule has 6 heteroatoms. The average molecular weight is 349 g/mol. The highest BCUT2D eigenvalue weighted by Gasteiger charge is 2.45. The van der Waals surface area contributed by atoms with Crippen LogP contribution in [0.25, 0.3) is 0 Å². The first kappa shape index (κ1) is 18.1. The van der Waals surface area contributed by atoms with Crippen molar-refractivity contribution in [1.29, 1.82) is 0 Å². The fraction of sp³-hybridized carbons (Fsp3) is 0.632. The lowest BCUT2D eigenvalue weighted by molar-refractivity contribution is 0.0191. The summed E-state index contributed by atoms with van der Waals surface area (Å²) in [6.45, 7) is 3.49. The van der Waals surface area contributed by atoms with Gasteiger partial charge in [-0.1, -0.05) is 18.2 Å². The first-order chi connectivity index (χ1) is 12.2. The van der Waals surface area contributed by atoms with Crippen LogP contribution in [-0.4, -0.2) is 52.0 Å². The van der Waals surface area contributed by atoms with E-state index in [0.717, 1.165) is 43.8 Å². The van der Waals surface area contributed by atoms with Crippen LogP contribution >= 0.6 is 0 Å². The van der Waals surface area contributed by atoms with Gasteiger partial charge in [0, 0.05) is 32.2 Å². The number of aliphatic imine (C=N–C) groups is 1. The van der Waals surface area contributed by atoms with Crippen molar-refractivity contribution in [2.75, 3.05) is 40.0 Å². The van der Waals surface area contributed by atoms with Crippen molar-refractivity contribution in [3.63, 3.8) is 0 Å². The molecule has 25 heavy (non-hydrogen) atoms. The van der Waals surface area contributed by atoms with Crippen molar-refractivity contribution in [2.45, 2.75) is 37.2 Å². The molecule has 0 amide bonds. The zero-order chi connectivity index (χ0) is 17.5.